The van der Waals surface area contributed by atoms with E-state index in [0.717, 1.165) is 5.56 Å². The quantitative estimate of drug-likeness (QED) is 0.733. The fourth-order valence-electron chi connectivity index (χ4n) is 3.99. The monoisotopic (exact) mass is 358 g/mol. The van der Waals surface area contributed by atoms with Crippen LogP contribution in [0.2, 0.25) is 0 Å². The lowest BCUT2D eigenvalue weighted by Crippen LogP contribution is -2.27. The van der Waals surface area contributed by atoms with E-state index in [9.17, 15) is 18.4 Å². The zero-order valence-corrected chi connectivity index (χ0v) is 13.2. The van der Waals surface area contributed by atoms with Crippen LogP contribution in [0, 0.1) is 0 Å². The van der Waals surface area contributed by atoms with E-state index in [-0.39, 0.29) is 23.3 Å². The van der Waals surface area contributed by atoms with Crippen molar-refractivity contribution in [1.82, 2.24) is 19.9 Å². The van der Waals surface area contributed by atoms with Crippen molar-refractivity contribution < 1.29 is 18.3 Å². The molecular weight excluding hydrogens is 346 g/mol. The number of carbonyl (C=O) groups excluding carboxylic acids is 1. The summed E-state index contributed by atoms with van der Waals surface area (Å²) in [6.07, 6.45) is 2.00. The molecule has 7 nitrogen and oxygen atoms in total. The number of benzene rings is 1. The van der Waals surface area contributed by atoms with Crippen molar-refractivity contribution in [3.05, 3.63) is 63.2 Å². The maximum Gasteiger partial charge on any atom is 0.387 e. The summed E-state index contributed by atoms with van der Waals surface area (Å²) in [5, 5.41) is 7.35. The minimum atomic E-state index is -3.01. The first-order valence-electron chi connectivity index (χ1n) is 8.03. The van der Waals surface area contributed by atoms with Crippen LogP contribution < -0.4 is 15.6 Å². The van der Waals surface area contributed by atoms with E-state index in [2.05, 4.69) is 20.1 Å². The molecule has 2 aliphatic rings. The molecule has 1 aromatic carbocycles. The van der Waals surface area contributed by atoms with Crippen LogP contribution in [0.1, 0.15) is 45.6 Å². The van der Waals surface area contributed by atoms with Crippen LogP contribution in [0.4, 0.5) is 8.78 Å². The van der Waals surface area contributed by atoms with E-state index in [4.69, 9.17) is 0 Å². The lowest BCUT2D eigenvalue weighted by Gasteiger charge is -2.18. The molecule has 0 radical (unpaired) electrons. The van der Waals surface area contributed by atoms with Crippen molar-refractivity contribution in [3.8, 4) is 5.75 Å². The highest BCUT2D eigenvalue weighted by Gasteiger charge is 2.43. The Morgan fingerprint density at radius 1 is 1.23 bits per heavy atom. The van der Waals surface area contributed by atoms with Gasteiger partial charge in [-0.2, -0.15) is 13.9 Å². The van der Waals surface area contributed by atoms with Crippen molar-refractivity contribution in [3.63, 3.8) is 0 Å². The number of hydrogen-bond acceptors (Lipinski definition) is 4. The normalized spacial score (nSPS) is 20.7. The third kappa shape index (κ3) is 2.00. The standard InChI is InChI=1S/C17H12F2N4O3/c18-17(19)26-10-3-1-2-7-12(10)8-6-9(20-16(7)25)14-13(8)15-21-11(24)4-5-23(15)22-14/h1-5,8-9,17H,6H2,(H,20,25)(H,21,24)/t8-,9-/m1/s1. The molecule has 0 saturated carbocycles. The van der Waals surface area contributed by atoms with Crippen LogP contribution >= 0.6 is 0 Å². The number of ether oxygens (including phenoxy) is 1. The van der Waals surface area contributed by atoms with Gasteiger partial charge in [0.25, 0.3) is 11.5 Å². The smallest absolute Gasteiger partial charge is 0.387 e. The van der Waals surface area contributed by atoms with Gasteiger partial charge in [0.1, 0.15) is 11.4 Å². The van der Waals surface area contributed by atoms with Crippen molar-refractivity contribution in [2.24, 2.45) is 0 Å². The molecule has 0 fully saturated rings. The minimum Gasteiger partial charge on any atom is -0.434 e. The molecular formula is C17H12F2N4O3. The summed E-state index contributed by atoms with van der Waals surface area (Å²) in [5.41, 5.74) is 2.24. The zero-order valence-electron chi connectivity index (χ0n) is 13.2. The van der Waals surface area contributed by atoms with E-state index in [1.165, 1.54) is 28.9 Å². The molecule has 132 valence electrons. The average molecular weight is 358 g/mol. The molecule has 2 N–H and O–H groups in total. The lowest BCUT2D eigenvalue weighted by atomic mass is 9.89. The molecule has 5 rings (SSSR count). The minimum absolute atomic E-state index is 0.0382. The largest absolute Gasteiger partial charge is 0.434 e. The van der Waals surface area contributed by atoms with Gasteiger partial charge in [-0.1, -0.05) is 6.07 Å². The van der Waals surface area contributed by atoms with Crippen LogP contribution in [0.3, 0.4) is 0 Å². The average Bonchev–Trinajstić information content (AvgIpc) is 3.07. The van der Waals surface area contributed by atoms with Gasteiger partial charge in [-0.3, -0.25) is 9.59 Å². The number of hydrogen-bond donors (Lipinski definition) is 2. The maximum absolute atomic E-state index is 12.9. The summed E-state index contributed by atoms with van der Waals surface area (Å²) in [5.74, 6) is -0.790. The fourth-order valence-corrected chi connectivity index (χ4v) is 3.99. The van der Waals surface area contributed by atoms with Crippen LogP contribution in [0.15, 0.2) is 35.3 Å². The molecule has 1 aliphatic heterocycles. The number of H-pyrrole nitrogens is 1. The highest BCUT2D eigenvalue weighted by molar-refractivity contribution is 5.98. The molecule has 9 heteroatoms. The summed E-state index contributed by atoms with van der Waals surface area (Å²) in [4.78, 5) is 27.1. The van der Waals surface area contributed by atoms with Gasteiger partial charge >= 0.3 is 6.61 Å². The summed E-state index contributed by atoms with van der Waals surface area (Å²) >= 11 is 0. The number of fused-ring (bicyclic) bond motifs is 9. The van der Waals surface area contributed by atoms with Crippen LogP contribution in [0.25, 0.3) is 5.65 Å². The molecule has 2 aromatic heterocycles. The highest BCUT2D eigenvalue weighted by atomic mass is 19.3. The summed E-state index contributed by atoms with van der Waals surface area (Å²) in [7, 11) is 0. The molecule has 3 aromatic rings. The number of aromatic amines is 1. The number of alkyl halides is 2. The summed E-state index contributed by atoms with van der Waals surface area (Å²) in [6.45, 7) is -3.01. The molecule has 2 atom stereocenters. The topological polar surface area (TPSA) is 88.5 Å². The Bertz CT molecular complexity index is 1120. The Morgan fingerprint density at radius 3 is 2.88 bits per heavy atom. The van der Waals surface area contributed by atoms with Gasteiger partial charge in [-0.05, 0) is 18.6 Å². The van der Waals surface area contributed by atoms with Crippen molar-refractivity contribution in [2.75, 3.05) is 0 Å². The van der Waals surface area contributed by atoms with Crippen molar-refractivity contribution in [2.45, 2.75) is 25.0 Å². The van der Waals surface area contributed by atoms with E-state index in [0.29, 0.717) is 28.9 Å². The number of halogens is 2. The number of nitrogens with zero attached hydrogens (tertiary/aromatic N) is 2. The number of rotatable bonds is 2. The van der Waals surface area contributed by atoms with E-state index < -0.39 is 12.5 Å². The Labute approximate surface area is 144 Å². The third-order valence-corrected chi connectivity index (χ3v) is 4.91. The number of amides is 1. The second-order valence-electron chi connectivity index (χ2n) is 6.31. The lowest BCUT2D eigenvalue weighted by molar-refractivity contribution is -0.0505. The van der Waals surface area contributed by atoms with E-state index in [1.807, 2.05) is 0 Å². The van der Waals surface area contributed by atoms with Gasteiger partial charge in [0.05, 0.1) is 11.7 Å². The van der Waals surface area contributed by atoms with E-state index >= 15 is 0 Å². The molecule has 1 amide bonds. The number of carbonyl (C=O) groups is 1. The second-order valence-corrected chi connectivity index (χ2v) is 6.31. The fraction of sp³-hybridized carbons (Fsp3) is 0.235. The molecule has 0 unspecified atom stereocenters. The molecule has 0 saturated heterocycles. The van der Waals surface area contributed by atoms with Crippen LogP contribution in [-0.2, 0) is 0 Å². The van der Waals surface area contributed by atoms with Crippen molar-refractivity contribution in [1.29, 1.82) is 0 Å². The summed E-state index contributed by atoms with van der Waals surface area (Å²) < 4.78 is 32.0. The van der Waals surface area contributed by atoms with Gasteiger partial charge in [0.15, 0.2) is 0 Å². The molecule has 3 heterocycles. The molecule has 0 spiro atoms. The van der Waals surface area contributed by atoms with Crippen molar-refractivity contribution >= 4 is 11.6 Å². The van der Waals surface area contributed by atoms with E-state index in [1.54, 1.807) is 6.07 Å². The van der Waals surface area contributed by atoms with Gasteiger partial charge < -0.3 is 15.0 Å². The number of nitrogens with one attached hydrogen (secondary N) is 2. The maximum atomic E-state index is 12.9. The second kappa shape index (κ2) is 5.13. The molecule has 26 heavy (non-hydrogen) atoms. The van der Waals surface area contributed by atoms with Gasteiger partial charge in [0.2, 0.25) is 0 Å². The predicted octanol–water partition coefficient (Wildman–Crippen LogP) is 1.94. The predicted molar refractivity (Wildman–Crippen MR) is 85.6 cm³/mol. The van der Waals surface area contributed by atoms with Gasteiger partial charge in [-0.25, -0.2) is 4.52 Å². The first-order chi connectivity index (χ1) is 12.5. The summed E-state index contributed by atoms with van der Waals surface area (Å²) in [6, 6.07) is 5.49. The number of aromatic nitrogens is 3. The first-order valence-corrected chi connectivity index (χ1v) is 8.03. The third-order valence-electron chi connectivity index (χ3n) is 4.91. The van der Waals surface area contributed by atoms with Crippen LogP contribution in [-0.4, -0.2) is 27.1 Å². The highest BCUT2D eigenvalue weighted by Crippen LogP contribution is 2.50. The van der Waals surface area contributed by atoms with Gasteiger partial charge in [0, 0.05) is 34.9 Å². The Morgan fingerprint density at radius 2 is 2.08 bits per heavy atom. The zero-order chi connectivity index (χ0) is 18.0. The molecule has 2 bridgehead atoms. The Balaban J connectivity index is 1.81. The Kier molecular flexibility index (Phi) is 2.97. The molecule has 1 aliphatic carbocycles. The van der Waals surface area contributed by atoms with Crippen LogP contribution in [0.5, 0.6) is 5.75 Å². The van der Waals surface area contributed by atoms with Gasteiger partial charge in [-0.15, -0.1) is 0 Å². The first kappa shape index (κ1) is 15.1. The Hall–Kier alpha value is -3.23. The SMILES string of the molecule is O=C1N[C@@H]2C[C@H](c3c(OC(F)F)cccc31)c1c2nn2ccc(=O)[nH]c12.